The second-order valence-corrected chi connectivity index (χ2v) is 7.65. The van der Waals surface area contributed by atoms with E-state index in [-0.39, 0.29) is 11.9 Å². The molecule has 0 saturated heterocycles. The zero-order valence-corrected chi connectivity index (χ0v) is 16.0. The highest BCUT2D eigenvalue weighted by atomic mass is 35.5. The van der Waals surface area contributed by atoms with E-state index in [4.69, 9.17) is 23.2 Å². The van der Waals surface area contributed by atoms with Crippen molar-refractivity contribution in [3.05, 3.63) is 69.2 Å². The van der Waals surface area contributed by atoms with Crippen molar-refractivity contribution in [1.29, 1.82) is 0 Å². The monoisotopic (exact) mass is 376 g/mol. The Morgan fingerprint density at radius 1 is 1.12 bits per heavy atom. The third-order valence-corrected chi connectivity index (χ3v) is 5.33. The molecule has 1 aliphatic rings. The summed E-state index contributed by atoms with van der Waals surface area (Å²) < 4.78 is 0. The molecule has 2 aromatic rings. The van der Waals surface area contributed by atoms with Crippen molar-refractivity contribution >= 4 is 29.1 Å². The molecule has 1 amide bonds. The normalized spacial score (nSPS) is 16.8. The largest absolute Gasteiger partial charge is 0.333 e. The van der Waals surface area contributed by atoms with Crippen molar-refractivity contribution < 1.29 is 4.79 Å². The molecule has 0 fully saturated rings. The molecule has 5 heteroatoms. The van der Waals surface area contributed by atoms with E-state index in [1.54, 1.807) is 12.1 Å². The highest BCUT2D eigenvalue weighted by molar-refractivity contribution is 6.42. The molecular weight excluding hydrogens is 355 g/mol. The fourth-order valence-corrected chi connectivity index (χ4v) is 3.71. The minimum absolute atomic E-state index is 0.125. The molecule has 0 N–H and O–H groups in total. The van der Waals surface area contributed by atoms with Crippen LogP contribution in [0.4, 0.5) is 0 Å². The zero-order valence-electron chi connectivity index (χ0n) is 14.5. The topological polar surface area (TPSA) is 23.6 Å². The second-order valence-electron chi connectivity index (χ2n) is 6.84. The summed E-state index contributed by atoms with van der Waals surface area (Å²) in [5.74, 6) is 0.125. The Kier molecular flexibility index (Phi) is 5.67. The predicted molar refractivity (Wildman–Crippen MR) is 103 cm³/mol. The van der Waals surface area contributed by atoms with E-state index < -0.39 is 0 Å². The summed E-state index contributed by atoms with van der Waals surface area (Å²) in [7, 11) is 4.09. The van der Waals surface area contributed by atoms with Gasteiger partial charge in [0, 0.05) is 19.1 Å². The average Bonchev–Trinajstić information content (AvgIpc) is 2.57. The smallest absolute Gasteiger partial charge is 0.227 e. The van der Waals surface area contributed by atoms with E-state index >= 15 is 0 Å². The summed E-state index contributed by atoms with van der Waals surface area (Å²) >= 11 is 12.1. The predicted octanol–water partition coefficient (Wildman–Crippen LogP) is 4.05. The van der Waals surface area contributed by atoms with Crippen LogP contribution in [0.15, 0.2) is 42.5 Å². The SMILES string of the molecule is CN(C)C[C@@H]1Cc2ccccc2CN1C(=O)Cc1ccc(Cl)c(Cl)c1. The number of nitrogens with zero attached hydrogens (tertiary/aromatic N) is 2. The molecule has 0 radical (unpaired) electrons. The minimum atomic E-state index is 0.125. The third-order valence-electron chi connectivity index (χ3n) is 4.59. The van der Waals surface area contributed by atoms with E-state index in [2.05, 4.69) is 23.1 Å². The summed E-state index contributed by atoms with van der Waals surface area (Å²) in [5.41, 5.74) is 3.47. The lowest BCUT2D eigenvalue weighted by molar-refractivity contribution is -0.134. The van der Waals surface area contributed by atoms with Crippen LogP contribution in [0.3, 0.4) is 0 Å². The number of amides is 1. The Morgan fingerprint density at radius 3 is 2.52 bits per heavy atom. The maximum absolute atomic E-state index is 13.0. The van der Waals surface area contributed by atoms with Gasteiger partial charge < -0.3 is 9.80 Å². The van der Waals surface area contributed by atoms with Gasteiger partial charge in [0.15, 0.2) is 0 Å². The lowest BCUT2D eigenvalue weighted by Gasteiger charge is -2.38. The Hall–Kier alpha value is -1.55. The zero-order chi connectivity index (χ0) is 18.0. The molecule has 132 valence electrons. The lowest BCUT2D eigenvalue weighted by Crippen LogP contribution is -2.49. The molecular formula is C20H22Cl2N2O. The van der Waals surface area contributed by atoms with E-state index in [1.165, 1.54) is 11.1 Å². The van der Waals surface area contributed by atoms with Crippen LogP contribution in [-0.4, -0.2) is 42.4 Å². The summed E-state index contributed by atoms with van der Waals surface area (Å²) in [6.45, 7) is 1.51. The molecule has 0 aromatic heterocycles. The number of carbonyl (C=O) groups is 1. The Bertz CT molecular complexity index is 776. The van der Waals surface area contributed by atoms with E-state index in [0.717, 1.165) is 18.5 Å². The highest BCUT2D eigenvalue weighted by Crippen LogP contribution is 2.26. The van der Waals surface area contributed by atoms with E-state index in [0.29, 0.717) is 23.0 Å². The van der Waals surface area contributed by atoms with Crippen molar-refractivity contribution in [2.75, 3.05) is 20.6 Å². The van der Waals surface area contributed by atoms with Gasteiger partial charge >= 0.3 is 0 Å². The number of fused-ring (bicyclic) bond motifs is 1. The van der Waals surface area contributed by atoms with Crippen LogP contribution < -0.4 is 0 Å². The Labute approximate surface area is 159 Å². The van der Waals surface area contributed by atoms with Gasteiger partial charge in [0.1, 0.15) is 0 Å². The molecule has 1 aliphatic heterocycles. The van der Waals surface area contributed by atoms with Crippen LogP contribution in [0.2, 0.25) is 10.0 Å². The summed E-state index contributed by atoms with van der Waals surface area (Å²) in [5, 5.41) is 0.996. The number of halogens is 2. The molecule has 25 heavy (non-hydrogen) atoms. The highest BCUT2D eigenvalue weighted by Gasteiger charge is 2.29. The van der Waals surface area contributed by atoms with Crippen molar-refractivity contribution in [2.45, 2.75) is 25.4 Å². The van der Waals surface area contributed by atoms with Gasteiger partial charge in [-0.25, -0.2) is 0 Å². The maximum atomic E-state index is 13.0. The number of benzene rings is 2. The molecule has 3 rings (SSSR count). The van der Waals surface area contributed by atoms with Crippen LogP contribution in [0, 0.1) is 0 Å². The minimum Gasteiger partial charge on any atom is -0.333 e. The molecule has 0 bridgehead atoms. The van der Waals surface area contributed by atoms with Crippen molar-refractivity contribution in [3.8, 4) is 0 Å². The molecule has 2 aromatic carbocycles. The lowest BCUT2D eigenvalue weighted by atomic mass is 9.93. The quantitative estimate of drug-likeness (QED) is 0.803. The van der Waals surface area contributed by atoms with Crippen LogP contribution in [-0.2, 0) is 24.2 Å². The van der Waals surface area contributed by atoms with Gasteiger partial charge in [-0.1, -0.05) is 53.5 Å². The first-order valence-electron chi connectivity index (χ1n) is 8.39. The molecule has 0 unspecified atom stereocenters. The van der Waals surface area contributed by atoms with Crippen molar-refractivity contribution in [1.82, 2.24) is 9.80 Å². The molecule has 0 aliphatic carbocycles. The van der Waals surface area contributed by atoms with Crippen LogP contribution in [0.1, 0.15) is 16.7 Å². The summed E-state index contributed by atoms with van der Waals surface area (Å²) in [6.07, 6.45) is 1.23. The van der Waals surface area contributed by atoms with Gasteiger partial charge in [0.2, 0.25) is 5.91 Å². The summed E-state index contributed by atoms with van der Waals surface area (Å²) in [4.78, 5) is 17.1. The number of hydrogen-bond donors (Lipinski definition) is 0. The van der Waals surface area contributed by atoms with Gasteiger partial charge in [0.05, 0.1) is 16.5 Å². The molecule has 0 spiro atoms. The molecule has 1 atom stereocenters. The van der Waals surface area contributed by atoms with E-state index in [9.17, 15) is 4.79 Å². The number of hydrogen-bond acceptors (Lipinski definition) is 2. The first kappa shape index (κ1) is 18.2. The van der Waals surface area contributed by atoms with Crippen molar-refractivity contribution in [2.24, 2.45) is 0 Å². The fourth-order valence-electron chi connectivity index (χ4n) is 3.39. The number of carbonyl (C=O) groups excluding carboxylic acids is 1. The van der Waals surface area contributed by atoms with Gasteiger partial charge in [-0.3, -0.25) is 4.79 Å². The average molecular weight is 377 g/mol. The number of likely N-dealkylation sites (N-methyl/N-ethyl adjacent to an activating group) is 1. The standard InChI is InChI=1S/C20H22Cl2N2O/c1-23(2)13-17-11-15-5-3-4-6-16(15)12-24(17)20(25)10-14-7-8-18(21)19(22)9-14/h3-9,17H,10-13H2,1-2H3/t17-/m0/s1. The van der Waals surface area contributed by atoms with Gasteiger partial charge in [-0.2, -0.15) is 0 Å². The Balaban J connectivity index is 1.81. The first-order valence-corrected chi connectivity index (χ1v) is 9.14. The third kappa shape index (κ3) is 4.35. The molecule has 0 saturated carbocycles. The van der Waals surface area contributed by atoms with Crippen LogP contribution in [0.25, 0.3) is 0 Å². The molecule has 3 nitrogen and oxygen atoms in total. The summed E-state index contributed by atoms with van der Waals surface area (Å²) in [6, 6.07) is 14.0. The van der Waals surface area contributed by atoms with Gasteiger partial charge in [-0.05, 0) is 49.3 Å². The maximum Gasteiger partial charge on any atom is 0.227 e. The van der Waals surface area contributed by atoms with Gasteiger partial charge in [-0.15, -0.1) is 0 Å². The molecule has 1 heterocycles. The number of rotatable bonds is 4. The fraction of sp³-hybridized carbons (Fsp3) is 0.350. The van der Waals surface area contributed by atoms with Crippen LogP contribution >= 0.6 is 23.2 Å². The first-order chi connectivity index (χ1) is 11.9. The van der Waals surface area contributed by atoms with Gasteiger partial charge in [0.25, 0.3) is 0 Å². The Morgan fingerprint density at radius 2 is 1.84 bits per heavy atom. The second kappa shape index (κ2) is 7.77. The van der Waals surface area contributed by atoms with Crippen LogP contribution in [0.5, 0.6) is 0 Å². The van der Waals surface area contributed by atoms with Crippen molar-refractivity contribution in [3.63, 3.8) is 0 Å². The van der Waals surface area contributed by atoms with E-state index in [1.807, 2.05) is 31.1 Å².